The quantitative estimate of drug-likeness (QED) is 0.624. The predicted octanol–water partition coefficient (Wildman–Crippen LogP) is 3.21. The van der Waals surface area contributed by atoms with E-state index in [1.165, 1.54) is 57.8 Å². The highest BCUT2D eigenvalue weighted by atomic mass is 15.0. The van der Waals surface area contributed by atoms with Crippen molar-refractivity contribution in [1.29, 1.82) is 0 Å². The van der Waals surface area contributed by atoms with Gasteiger partial charge in [-0.25, -0.2) is 0 Å². The summed E-state index contributed by atoms with van der Waals surface area (Å²) in [5.74, 6) is 0. The van der Waals surface area contributed by atoms with E-state index in [0.29, 0.717) is 0 Å². The molecule has 1 saturated carbocycles. The molecule has 1 atom stereocenters. The predicted molar refractivity (Wildman–Crippen MR) is 71.6 cm³/mol. The van der Waals surface area contributed by atoms with Crippen molar-refractivity contribution in [2.75, 3.05) is 6.54 Å². The van der Waals surface area contributed by atoms with Gasteiger partial charge in [-0.15, -0.1) is 0 Å². The van der Waals surface area contributed by atoms with Gasteiger partial charge < -0.3 is 11.1 Å². The second kappa shape index (κ2) is 7.29. The molecule has 3 N–H and O–H groups in total. The van der Waals surface area contributed by atoms with Crippen molar-refractivity contribution in [3.63, 3.8) is 0 Å². The number of rotatable bonds is 8. The maximum Gasteiger partial charge on any atom is 0.0278 e. The van der Waals surface area contributed by atoms with Crippen molar-refractivity contribution in [3.8, 4) is 0 Å². The van der Waals surface area contributed by atoms with Gasteiger partial charge in [0.15, 0.2) is 0 Å². The fourth-order valence-electron chi connectivity index (χ4n) is 2.74. The Morgan fingerprint density at radius 3 is 2.44 bits per heavy atom. The van der Waals surface area contributed by atoms with Crippen LogP contribution in [-0.2, 0) is 0 Å². The van der Waals surface area contributed by atoms with E-state index in [2.05, 4.69) is 19.2 Å². The Bertz CT molecular complexity index is 176. The maximum atomic E-state index is 5.94. The minimum absolute atomic E-state index is 0.183. The molecule has 0 amide bonds. The summed E-state index contributed by atoms with van der Waals surface area (Å²) in [6.45, 7) is 5.34. The molecule has 1 aliphatic rings. The molecule has 16 heavy (non-hydrogen) atoms. The van der Waals surface area contributed by atoms with Gasteiger partial charge in [-0.2, -0.15) is 0 Å². The van der Waals surface area contributed by atoms with Crippen LogP contribution in [0.5, 0.6) is 0 Å². The smallest absolute Gasteiger partial charge is 0.0278 e. The van der Waals surface area contributed by atoms with Crippen LogP contribution in [0.15, 0.2) is 0 Å². The first-order valence-corrected chi connectivity index (χ1v) is 7.18. The van der Waals surface area contributed by atoms with E-state index < -0.39 is 0 Å². The van der Waals surface area contributed by atoms with Crippen LogP contribution in [0.2, 0.25) is 0 Å². The van der Waals surface area contributed by atoms with E-state index in [9.17, 15) is 0 Å². The van der Waals surface area contributed by atoms with E-state index in [1.807, 2.05) is 0 Å². The monoisotopic (exact) mass is 226 g/mol. The third-order valence-electron chi connectivity index (χ3n) is 3.94. The van der Waals surface area contributed by atoms with Gasteiger partial charge in [-0.05, 0) is 26.2 Å². The van der Waals surface area contributed by atoms with Crippen LogP contribution in [0.1, 0.15) is 71.6 Å². The minimum Gasteiger partial charge on any atom is -0.329 e. The molecule has 2 nitrogen and oxygen atoms in total. The molecule has 0 aromatic rings. The molecule has 0 aromatic carbocycles. The molecule has 1 fully saturated rings. The van der Waals surface area contributed by atoms with E-state index in [-0.39, 0.29) is 5.54 Å². The number of hydrogen-bond acceptors (Lipinski definition) is 2. The number of nitrogens with two attached hydrogens (primary N) is 1. The Balaban J connectivity index is 2.24. The zero-order valence-corrected chi connectivity index (χ0v) is 11.2. The molecular formula is C14H30N2. The van der Waals surface area contributed by atoms with Crippen molar-refractivity contribution in [2.24, 2.45) is 5.73 Å². The summed E-state index contributed by atoms with van der Waals surface area (Å²) in [5.41, 5.74) is 6.12. The Kier molecular flexibility index (Phi) is 6.37. The summed E-state index contributed by atoms with van der Waals surface area (Å²) in [5, 5.41) is 3.79. The third-order valence-corrected chi connectivity index (χ3v) is 3.94. The van der Waals surface area contributed by atoms with Gasteiger partial charge in [0.1, 0.15) is 0 Å². The molecular weight excluding hydrogens is 196 g/mol. The average Bonchev–Trinajstić information content (AvgIpc) is 2.77. The Morgan fingerprint density at radius 2 is 1.88 bits per heavy atom. The van der Waals surface area contributed by atoms with Crippen molar-refractivity contribution in [2.45, 2.75) is 83.2 Å². The molecule has 0 radical (unpaired) electrons. The summed E-state index contributed by atoms with van der Waals surface area (Å²) in [6, 6.07) is 0.736. The molecule has 2 heteroatoms. The highest BCUT2D eigenvalue weighted by Crippen LogP contribution is 2.22. The molecule has 0 aliphatic heterocycles. The third kappa shape index (κ3) is 4.84. The summed E-state index contributed by atoms with van der Waals surface area (Å²) in [7, 11) is 0. The lowest BCUT2D eigenvalue weighted by atomic mass is 9.93. The number of unbranched alkanes of at least 4 members (excludes halogenated alkanes) is 3. The molecule has 96 valence electrons. The fraction of sp³-hybridized carbons (Fsp3) is 1.00. The first-order valence-electron chi connectivity index (χ1n) is 7.18. The van der Waals surface area contributed by atoms with Gasteiger partial charge in [-0.1, -0.05) is 45.4 Å². The van der Waals surface area contributed by atoms with Crippen molar-refractivity contribution in [3.05, 3.63) is 0 Å². The lowest BCUT2D eigenvalue weighted by molar-refractivity contribution is 0.288. The Morgan fingerprint density at radius 1 is 1.19 bits per heavy atom. The van der Waals surface area contributed by atoms with Crippen molar-refractivity contribution >= 4 is 0 Å². The Hall–Kier alpha value is -0.0800. The second-order valence-electron chi connectivity index (χ2n) is 5.70. The van der Waals surface area contributed by atoms with Gasteiger partial charge in [0.2, 0.25) is 0 Å². The molecule has 0 spiro atoms. The van der Waals surface area contributed by atoms with Gasteiger partial charge in [0, 0.05) is 18.1 Å². The number of hydrogen-bond donors (Lipinski definition) is 2. The van der Waals surface area contributed by atoms with E-state index in [0.717, 1.165) is 12.6 Å². The molecule has 0 saturated heterocycles. The molecule has 1 aliphatic carbocycles. The van der Waals surface area contributed by atoms with Crippen molar-refractivity contribution in [1.82, 2.24) is 5.32 Å². The maximum absolute atomic E-state index is 5.94. The first kappa shape index (κ1) is 14.0. The van der Waals surface area contributed by atoms with E-state index in [4.69, 9.17) is 5.73 Å². The summed E-state index contributed by atoms with van der Waals surface area (Å²) in [6.07, 6.45) is 12.1. The largest absolute Gasteiger partial charge is 0.329 e. The topological polar surface area (TPSA) is 38.0 Å². The molecule has 0 heterocycles. The summed E-state index contributed by atoms with van der Waals surface area (Å²) >= 11 is 0. The van der Waals surface area contributed by atoms with E-state index in [1.54, 1.807) is 0 Å². The Labute approximate surface area is 101 Å². The lowest BCUT2D eigenvalue weighted by Crippen LogP contribution is -2.52. The highest BCUT2D eigenvalue weighted by molar-refractivity contribution is 4.89. The fourth-order valence-corrected chi connectivity index (χ4v) is 2.74. The molecule has 1 unspecified atom stereocenters. The first-order chi connectivity index (χ1) is 7.70. The van der Waals surface area contributed by atoms with E-state index >= 15 is 0 Å². The van der Waals surface area contributed by atoms with Crippen LogP contribution in [0.25, 0.3) is 0 Å². The van der Waals surface area contributed by atoms with Crippen LogP contribution in [0.3, 0.4) is 0 Å². The van der Waals surface area contributed by atoms with Crippen LogP contribution in [0, 0.1) is 0 Å². The molecule has 1 rings (SSSR count). The van der Waals surface area contributed by atoms with Gasteiger partial charge >= 0.3 is 0 Å². The standard InChI is InChI=1S/C14H30N2/c1-3-4-5-8-11-14(2,12-15)16-13-9-6-7-10-13/h13,16H,3-12,15H2,1-2H3. The SMILES string of the molecule is CCCCCCC(C)(CN)NC1CCCC1. The highest BCUT2D eigenvalue weighted by Gasteiger charge is 2.26. The summed E-state index contributed by atoms with van der Waals surface area (Å²) < 4.78 is 0. The lowest BCUT2D eigenvalue weighted by Gasteiger charge is -2.33. The second-order valence-corrected chi connectivity index (χ2v) is 5.70. The molecule has 0 bridgehead atoms. The van der Waals surface area contributed by atoms with Gasteiger partial charge in [0.25, 0.3) is 0 Å². The summed E-state index contributed by atoms with van der Waals surface area (Å²) in [4.78, 5) is 0. The zero-order valence-electron chi connectivity index (χ0n) is 11.2. The van der Waals surface area contributed by atoms with Crippen LogP contribution in [-0.4, -0.2) is 18.1 Å². The van der Waals surface area contributed by atoms with Crippen LogP contribution >= 0.6 is 0 Å². The van der Waals surface area contributed by atoms with Gasteiger partial charge in [0.05, 0.1) is 0 Å². The average molecular weight is 226 g/mol. The van der Waals surface area contributed by atoms with Gasteiger partial charge in [-0.3, -0.25) is 0 Å². The van der Waals surface area contributed by atoms with Crippen LogP contribution < -0.4 is 11.1 Å². The molecule has 0 aromatic heterocycles. The normalized spacial score (nSPS) is 21.2. The van der Waals surface area contributed by atoms with Crippen molar-refractivity contribution < 1.29 is 0 Å². The zero-order chi connectivity index (χ0) is 11.9. The van der Waals surface area contributed by atoms with Crippen LogP contribution in [0.4, 0.5) is 0 Å². The minimum atomic E-state index is 0.183. The number of nitrogens with one attached hydrogen (secondary N) is 1.